The zero-order valence-corrected chi connectivity index (χ0v) is 24.3. The summed E-state index contributed by atoms with van der Waals surface area (Å²) in [4.78, 5) is 60.6. The first-order chi connectivity index (χ1) is 21.9. The van der Waals surface area contributed by atoms with Gasteiger partial charge in [0, 0.05) is 17.8 Å². The van der Waals surface area contributed by atoms with Crippen LogP contribution in [0.1, 0.15) is 24.1 Å². The molecule has 1 aliphatic heterocycles. The summed E-state index contributed by atoms with van der Waals surface area (Å²) < 4.78 is 1.88. The van der Waals surface area contributed by atoms with Crippen LogP contribution in [0.4, 0.5) is 10.5 Å². The number of rotatable bonds is 6. The standard InChI is InChI=1S/C32H29N9O4/c1-19-26-27(41(38-19)24-9-6-8-21(17-24)28-35-30(43)37-36-28)29(42)40(32(45)34-26)31(44)33-23-13-11-20(12-14-23)25-10-3-2-7-22(25)18-39-15-4-5-16-39/h2-3,6-14,17H,4-5,15-16,18H2,1H3,(H,33,44)(H,34,45)(H2,35,36,37,43). The molecule has 7 rings (SSSR count). The number of aromatic amines is 3. The SMILES string of the molecule is Cc1nn(-c2cccc(-c3nc(=O)[nH][nH]3)c2)c2c(=O)n(C(=O)Nc3ccc(-c4ccccc4CN4CCCC4)cc3)c(=O)[nH]c12. The zero-order chi connectivity index (χ0) is 31.1. The van der Waals surface area contributed by atoms with Crippen molar-refractivity contribution in [1.29, 1.82) is 0 Å². The van der Waals surface area contributed by atoms with Crippen LogP contribution in [0.2, 0.25) is 0 Å². The first-order valence-electron chi connectivity index (χ1n) is 14.6. The van der Waals surface area contributed by atoms with Crippen molar-refractivity contribution in [3.8, 4) is 28.2 Å². The van der Waals surface area contributed by atoms with Crippen LogP contribution in [-0.4, -0.2) is 58.5 Å². The van der Waals surface area contributed by atoms with Gasteiger partial charge in [-0.1, -0.05) is 48.5 Å². The molecule has 45 heavy (non-hydrogen) atoms. The van der Waals surface area contributed by atoms with E-state index in [2.05, 4.69) is 47.6 Å². The minimum Gasteiger partial charge on any atom is -0.307 e. The van der Waals surface area contributed by atoms with E-state index in [-0.39, 0.29) is 11.0 Å². The van der Waals surface area contributed by atoms with Gasteiger partial charge in [0.25, 0.3) is 5.56 Å². The summed E-state index contributed by atoms with van der Waals surface area (Å²) in [6.07, 6.45) is 2.44. The molecule has 4 N–H and O–H groups in total. The van der Waals surface area contributed by atoms with Gasteiger partial charge >= 0.3 is 17.4 Å². The highest BCUT2D eigenvalue weighted by Gasteiger charge is 2.21. The highest BCUT2D eigenvalue weighted by Crippen LogP contribution is 2.27. The van der Waals surface area contributed by atoms with Crippen molar-refractivity contribution >= 4 is 22.8 Å². The van der Waals surface area contributed by atoms with E-state index >= 15 is 0 Å². The number of fused-ring (bicyclic) bond motifs is 1. The normalized spacial score (nSPS) is 13.4. The average Bonchev–Trinajstić information content (AvgIpc) is 3.79. The molecule has 3 aromatic heterocycles. The van der Waals surface area contributed by atoms with Crippen LogP contribution in [0.25, 0.3) is 39.2 Å². The van der Waals surface area contributed by atoms with Gasteiger partial charge in [0.1, 0.15) is 0 Å². The Bertz CT molecular complexity index is 2230. The highest BCUT2D eigenvalue weighted by molar-refractivity contribution is 5.92. The number of anilines is 1. The molecule has 13 nitrogen and oxygen atoms in total. The fraction of sp³-hybridized carbons (Fsp3) is 0.188. The van der Waals surface area contributed by atoms with Gasteiger partial charge in [-0.3, -0.25) is 14.8 Å². The van der Waals surface area contributed by atoms with Crippen molar-refractivity contribution in [2.75, 3.05) is 18.4 Å². The predicted molar refractivity (Wildman–Crippen MR) is 170 cm³/mol. The van der Waals surface area contributed by atoms with E-state index < -0.39 is 23.0 Å². The molecule has 0 aliphatic carbocycles. The Balaban J connectivity index is 1.19. The number of aryl methyl sites for hydroxylation is 1. The van der Waals surface area contributed by atoms with Crippen LogP contribution in [-0.2, 0) is 6.54 Å². The number of hydrogen-bond acceptors (Lipinski definition) is 7. The number of carbonyl (C=O) groups is 1. The first-order valence-corrected chi connectivity index (χ1v) is 14.6. The molecule has 0 radical (unpaired) electrons. The number of amides is 1. The Morgan fingerprint density at radius 1 is 0.911 bits per heavy atom. The third kappa shape index (κ3) is 5.29. The molecule has 0 unspecified atom stereocenters. The van der Waals surface area contributed by atoms with Gasteiger partial charge < -0.3 is 10.3 Å². The van der Waals surface area contributed by atoms with Crippen LogP contribution in [0.5, 0.6) is 0 Å². The van der Waals surface area contributed by atoms with Gasteiger partial charge in [0.05, 0.1) is 16.9 Å². The zero-order valence-electron chi connectivity index (χ0n) is 24.3. The maximum Gasteiger partial charge on any atom is 0.361 e. The van der Waals surface area contributed by atoms with Crippen molar-refractivity contribution in [3.63, 3.8) is 0 Å². The molecule has 13 heteroatoms. The van der Waals surface area contributed by atoms with Gasteiger partial charge in [-0.05, 0) is 73.8 Å². The number of carbonyl (C=O) groups excluding carboxylic acids is 1. The van der Waals surface area contributed by atoms with E-state index in [1.165, 1.54) is 23.1 Å². The van der Waals surface area contributed by atoms with Crippen molar-refractivity contribution < 1.29 is 4.79 Å². The summed E-state index contributed by atoms with van der Waals surface area (Å²) in [5.74, 6) is 0.307. The smallest absolute Gasteiger partial charge is 0.307 e. The largest absolute Gasteiger partial charge is 0.361 e. The van der Waals surface area contributed by atoms with E-state index in [1.807, 2.05) is 24.3 Å². The Hall–Kier alpha value is -5.82. The molecule has 1 saturated heterocycles. The second kappa shape index (κ2) is 11.4. The molecular formula is C32H29N9O4. The number of benzene rings is 3. The third-order valence-corrected chi connectivity index (χ3v) is 8.03. The summed E-state index contributed by atoms with van der Waals surface area (Å²) in [7, 11) is 0. The lowest BCUT2D eigenvalue weighted by Gasteiger charge is -2.18. The van der Waals surface area contributed by atoms with Crippen molar-refractivity contribution in [2.24, 2.45) is 0 Å². The Kier molecular flexibility index (Phi) is 7.06. The summed E-state index contributed by atoms with van der Waals surface area (Å²) in [5.41, 5.74) is 3.18. The molecule has 226 valence electrons. The number of likely N-dealkylation sites (tertiary alicyclic amines) is 1. The summed E-state index contributed by atoms with van der Waals surface area (Å²) in [5, 5.41) is 12.2. The number of nitrogens with zero attached hydrogens (tertiary/aromatic N) is 5. The Morgan fingerprint density at radius 2 is 1.69 bits per heavy atom. The number of H-pyrrole nitrogens is 3. The molecule has 0 bridgehead atoms. The van der Waals surface area contributed by atoms with Crippen molar-refractivity contribution in [2.45, 2.75) is 26.3 Å². The molecule has 1 aliphatic rings. The average molecular weight is 604 g/mol. The quantitative estimate of drug-likeness (QED) is 0.226. The minimum atomic E-state index is -0.904. The van der Waals surface area contributed by atoms with Crippen LogP contribution in [0, 0.1) is 6.92 Å². The fourth-order valence-corrected chi connectivity index (χ4v) is 5.83. The predicted octanol–water partition coefficient (Wildman–Crippen LogP) is 3.61. The van der Waals surface area contributed by atoms with Crippen LogP contribution in [0.3, 0.4) is 0 Å². The third-order valence-electron chi connectivity index (χ3n) is 8.03. The van der Waals surface area contributed by atoms with E-state index in [0.29, 0.717) is 33.0 Å². The molecule has 0 saturated carbocycles. The number of aromatic nitrogens is 7. The summed E-state index contributed by atoms with van der Waals surface area (Å²) in [6.45, 7) is 4.73. The molecule has 3 aromatic carbocycles. The summed E-state index contributed by atoms with van der Waals surface area (Å²) >= 11 is 0. The maximum absolute atomic E-state index is 13.7. The Morgan fingerprint density at radius 3 is 2.44 bits per heavy atom. The lowest BCUT2D eigenvalue weighted by molar-refractivity contribution is 0.252. The van der Waals surface area contributed by atoms with Crippen LogP contribution < -0.4 is 22.3 Å². The van der Waals surface area contributed by atoms with Crippen LogP contribution in [0.15, 0.2) is 87.2 Å². The fourth-order valence-electron chi connectivity index (χ4n) is 5.83. The molecular weight excluding hydrogens is 574 g/mol. The monoisotopic (exact) mass is 603 g/mol. The van der Waals surface area contributed by atoms with Gasteiger partial charge in [-0.2, -0.15) is 14.6 Å². The molecule has 4 heterocycles. The van der Waals surface area contributed by atoms with Gasteiger partial charge in [0.2, 0.25) is 0 Å². The highest BCUT2D eigenvalue weighted by atomic mass is 16.2. The topological polar surface area (TPSA) is 167 Å². The number of nitrogens with one attached hydrogen (secondary N) is 4. The molecule has 1 amide bonds. The number of hydrogen-bond donors (Lipinski definition) is 4. The second-order valence-corrected chi connectivity index (χ2v) is 11.0. The Labute approximate surface area is 255 Å². The van der Waals surface area contributed by atoms with E-state index in [4.69, 9.17) is 0 Å². The van der Waals surface area contributed by atoms with Gasteiger partial charge in [-0.25, -0.2) is 24.2 Å². The second-order valence-electron chi connectivity index (χ2n) is 11.0. The molecule has 0 atom stereocenters. The van der Waals surface area contributed by atoms with Crippen molar-refractivity contribution in [1.82, 2.24) is 39.4 Å². The van der Waals surface area contributed by atoms with E-state index in [0.717, 1.165) is 30.8 Å². The van der Waals surface area contributed by atoms with Crippen molar-refractivity contribution in [3.05, 3.63) is 115 Å². The lowest BCUT2D eigenvalue weighted by Crippen LogP contribution is -2.42. The van der Waals surface area contributed by atoms with E-state index in [1.54, 1.807) is 43.3 Å². The van der Waals surface area contributed by atoms with E-state index in [9.17, 15) is 19.2 Å². The first kappa shape index (κ1) is 28.0. The maximum atomic E-state index is 13.7. The van der Waals surface area contributed by atoms with Crippen LogP contribution >= 0.6 is 0 Å². The molecule has 6 aromatic rings. The molecule has 0 spiro atoms. The summed E-state index contributed by atoms with van der Waals surface area (Å²) in [6, 6.07) is 21.5. The van der Waals surface area contributed by atoms with Gasteiger partial charge in [-0.15, -0.1) is 0 Å². The lowest BCUT2D eigenvalue weighted by atomic mass is 9.99. The molecule has 1 fully saturated rings. The van der Waals surface area contributed by atoms with Gasteiger partial charge in [0.15, 0.2) is 11.3 Å². The minimum absolute atomic E-state index is 0.0138.